The van der Waals surface area contributed by atoms with Crippen molar-refractivity contribution in [2.24, 2.45) is 0 Å². The molecule has 2 amide bonds. The van der Waals surface area contributed by atoms with E-state index in [-0.39, 0.29) is 28.2 Å². The molecule has 0 aliphatic rings. The van der Waals surface area contributed by atoms with Gasteiger partial charge in [0.05, 0.1) is 16.3 Å². The van der Waals surface area contributed by atoms with Crippen LogP contribution in [-0.2, 0) is 4.79 Å². The minimum Gasteiger partial charge on any atom is -0.478 e. The molecule has 3 rings (SSSR count). The maximum absolute atomic E-state index is 12.4. The first-order valence-electron chi connectivity index (χ1n) is 9.25. The standard InChI is InChI=1S/C23H19ClN2O4S/c1-14-4-2-5-15(10-14)22(28)26-16-6-3-7-18(11-16)31-13-21(27)25-17-8-9-20(24)19(12-17)23(29)30/h2-12H,13H2,1H3,(H,25,27)(H,26,28)(H,29,30). The molecule has 3 N–H and O–H groups in total. The molecule has 0 bridgehead atoms. The van der Waals surface area contributed by atoms with Crippen LogP contribution in [0.3, 0.4) is 0 Å². The zero-order chi connectivity index (χ0) is 22.4. The van der Waals surface area contributed by atoms with Crippen molar-refractivity contribution in [2.75, 3.05) is 16.4 Å². The van der Waals surface area contributed by atoms with E-state index in [4.69, 9.17) is 16.7 Å². The molecule has 0 fully saturated rings. The van der Waals surface area contributed by atoms with E-state index < -0.39 is 5.97 Å². The molecule has 0 aliphatic carbocycles. The molecule has 0 aliphatic heterocycles. The van der Waals surface area contributed by atoms with Crippen molar-refractivity contribution >= 4 is 52.5 Å². The van der Waals surface area contributed by atoms with Crippen molar-refractivity contribution in [2.45, 2.75) is 11.8 Å². The third-order valence-corrected chi connectivity index (χ3v) is 5.55. The number of carboxylic acid groups (broad SMARTS) is 1. The highest BCUT2D eigenvalue weighted by Crippen LogP contribution is 2.24. The first-order chi connectivity index (χ1) is 14.8. The van der Waals surface area contributed by atoms with Crippen LogP contribution in [0.4, 0.5) is 11.4 Å². The van der Waals surface area contributed by atoms with Gasteiger partial charge in [-0.25, -0.2) is 4.79 Å². The van der Waals surface area contributed by atoms with Gasteiger partial charge >= 0.3 is 5.97 Å². The van der Waals surface area contributed by atoms with Crippen molar-refractivity contribution in [3.63, 3.8) is 0 Å². The fourth-order valence-corrected chi connectivity index (χ4v) is 3.72. The number of aromatic carboxylic acids is 1. The molecular formula is C23H19ClN2O4S. The lowest BCUT2D eigenvalue weighted by molar-refractivity contribution is -0.113. The molecule has 6 nitrogen and oxygen atoms in total. The number of rotatable bonds is 7. The fraction of sp³-hybridized carbons (Fsp3) is 0.0870. The van der Waals surface area contributed by atoms with Crippen LogP contribution in [-0.4, -0.2) is 28.6 Å². The number of nitrogens with one attached hydrogen (secondary N) is 2. The van der Waals surface area contributed by atoms with Crippen LogP contribution in [0.1, 0.15) is 26.3 Å². The molecule has 0 saturated carbocycles. The van der Waals surface area contributed by atoms with Gasteiger partial charge in [0, 0.05) is 21.8 Å². The first kappa shape index (κ1) is 22.4. The molecule has 0 atom stereocenters. The lowest BCUT2D eigenvalue weighted by atomic mass is 10.1. The first-order valence-corrected chi connectivity index (χ1v) is 10.6. The van der Waals surface area contributed by atoms with Gasteiger partial charge in [0.1, 0.15) is 0 Å². The second-order valence-corrected chi connectivity index (χ2v) is 8.14. The summed E-state index contributed by atoms with van der Waals surface area (Å²) in [5.74, 6) is -1.56. The maximum atomic E-state index is 12.4. The number of anilines is 2. The van der Waals surface area contributed by atoms with Crippen LogP contribution < -0.4 is 10.6 Å². The van der Waals surface area contributed by atoms with Crippen LogP contribution in [0.5, 0.6) is 0 Å². The van der Waals surface area contributed by atoms with E-state index in [2.05, 4.69) is 10.6 Å². The Morgan fingerprint density at radius 2 is 1.68 bits per heavy atom. The number of hydrogen-bond donors (Lipinski definition) is 3. The summed E-state index contributed by atoms with van der Waals surface area (Å²) in [4.78, 5) is 36.6. The lowest BCUT2D eigenvalue weighted by Gasteiger charge is -2.09. The molecule has 0 unspecified atom stereocenters. The largest absolute Gasteiger partial charge is 0.478 e. The number of carbonyl (C=O) groups excluding carboxylic acids is 2. The molecule has 0 heterocycles. The highest BCUT2D eigenvalue weighted by molar-refractivity contribution is 8.00. The van der Waals surface area contributed by atoms with Gasteiger partial charge in [-0.1, -0.05) is 35.4 Å². The quantitative estimate of drug-likeness (QED) is 0.419. The van der Waals surface area contributed by atoms with Crippen LogP contribution in [0.2, 0.25) is 5.02 Å². The number of halogens is 1. The fourth-order valence-electron chi connectivity index (χ4n) is 2.77. The van der Waals surface area contributed by atoms with Crippen LogP contribution in [0.15, 0.2) is 71.6 Å². The van der Waals surface area contributed by atoms with Crippen molar-refractivity contribution in [3.05, 3.63) is 88.4 Å². The van der Waals surface area contributed by atoms with Gasteiger partial charge < -0.3 is 15.7 Å². The molecule has 3 aromatic rings. The summed E-state index contributed by atoms with van der Waals surface area (Å²) < 4.78 is 0. The van der Waals surface area contributed by atoms with Gasteiger partial charge in [-0.15, -0.1) is 11.8 Å². The third kappa shape index (κ3) is 6.34. The SMILES string of the molecule is Cc1cccc(C(=O)Nc2cccc(SCC(=O)Nc3ccc(Cl)c(C(=O)O)c3)c2)c1. The second kappa shape index (κ2) is 10.1. The van der Waals surface area contributed by atoms with Crippen molar-refractivity contribution in [1.82, 2.24) is 0 Å². The van der Waals surface area contributed by atoms with Gasteiger partial charge in [-0.3, -0.25) is 9.59 Å². The van der Waals surface area contributed by atoms with Crippen LogP contribution in [0.25, 0.3) is 0 Å². The summed E-state index contributed by atoms with van der Waals surface area (Å²) in [6, 6.07) is 18.8. The molecule has 0 saturated heterocycles. The monoisotopic (exact) mass is 454 g/mol. The average molecular weight is 455 g/mol. The molecule has 31 heavy (non-hydrogen) atoms. The Hall–Kier alpha value is -3.29. The topological polar surface area (TPSA) is 95.5 Å². The zero-order valence-corrected chi connectivity index (χ0v) is 18.1. The van der Waals surface area contributed by atoms with E-state index in [1.165, 1.54) is 23.9 Å². The van der Waals surface area contributed by atoms with Gasteiger partial charge in [0.25, 0.3) is 5.91 Å². The van der Waals surface area contributed by atoms with E-state index in [0.717, 1.165) is 10.5 Å². The van der Waals surface area contributed by atoms with Crippen LogP contribution in [0, 0.1) is 6.92 Å². The third-order valence-electron chi connectivity index (χ3n) is 4.22. The Balaban J connectivity index is 1.58. The number of benzene rings is 3. The Bertz CT molecular complexity index is 1150. The zero-order valence-electron chi connectivity index (χ0n) is 16.5. The average Bonchev–Trinajstić information content (AvgIpc) is 2.74. The predicted octanol–water partition coefficient (Wildman–Crippen LogP) is 5.33. The van der Waals surface area contributed by atoms with Gasteiger partial charge in [0.15, 0.2) is 0 Å². The molecule has 0 radical (unpaired) electrons. The number of carboxylic acids is 1. The number of hydrogen-bond acceptors (Lipinski definition) is 4. The Morgan fingerprint density at radius 3 is 2.42 bits per heavy atom. The van der Waals surface area contributed by atoms with E-state index in [1.807, 2.05) is 31.2 Å². The Morgan fingerprint density at radius 1 is 0.935 bits per heavy atom. The van der Waals surface area contributed by atoms with E-state index >= 15 is 0 Å². The predicted molar refractivity (Wildman–Crippen MR) is 123 cm³/mol. The van der Waals surface area contributed by atoms with E-state index in [0.29, 0.717) is 16.9 Å². The van der Waals surface area contributed by atoms with Crippen LogP contribution >= 0.6 is 23.4 Å². The molecule has 8 heteroatoms. The number of amides is 2. The molecule has 3 aromatic carbocycles. The highest BCUT2D eigenvalue weighted by Gasteiger charge is 2.12. The molecule has 158 valence electrons. The smallest absolute Gasteiger partial charge is 0.337 e. The summed E-state index contributed by atoms with van der Waals surface area (Å²) >= 11 is 7.13. The van der Waals surface area contributed by atoms with E-state index in [1.54, 1.807) is 30.3 Å². The Kier molecular flexibility index (Phi) is 7.33. The van der Waals surface area contributed by atoms with Crippen molar-refractivity contribution in [3.8, 4) is 0 Å². The molecular weight excluding hydrogens is 436 g/mol. The summed E-state index contributed by atoms with van der Waals surface area (Å²) in [6.45, 7) is 1.92. The normalized spacial score (nSPS) is 10.4. The lowest BCUT2D eigenvalue weighted by Crippen LogP contribution is -2.14. The minimum absolute atomic E-state index is 0.0795. The van der Waals surface area contributed by atoms with Gasteiger partial charge in [-0.05, 0) is 55.5 Å². The summed E-state index contributed by atoms with van der Waals surface area (Å²) in [6.07, 6.45) is 0. The second-order valence-electron chi connectivity index (χ2n) is 6.69. The number of aryl methyl sites for hydroxylation is 1. The molecule has 0 aromatic heterocycles. The highest BCUT2D eigenvalue weighted by atomic mass is 35.5. The van der Waals surface area contributed by atoms with E-state index in [9.17, 15) is 14.4 Å². The summed E-state index contributed by atoms with van der Waals surface area (Å²) in [7, 11) is 0. The summed E-state index contributed by atoms with van der Waals surface area (Å²) in [5.41, 5.74) is 2.47. The molecule has 0 spiro atoms. The van der Waals surface area contributed by atoms with Crippen molar-refractivity contribution in [1.29, 1.82) is 0 Å². The number of thioether (sulfide) groups is 1. The van der Waals surface area contributed by atoms with Gasteiger partial charge in [-0.2, -0.15) is 0 Å². The minimum atomic E-state index is -1.17. The van der Waals surface area contributed by atoms with Crippen molar-refractivity contribution < 1.29 is 19.5 Å². The number of carbonyl (C=O) groups is 3. The van der Waals surface area contributed by atoms with Gasteiger partial charge in [0.2, 0.25) is 5.91 Å². The maximum Gasteiger partial charge on any atom is 0.337 e. The Labute approximate surface area is 188 Å². The summed E-state index contributed by atoms with van der Waals surface area (Å²) in [5, 5.41) is 14.7.